The van der Waals surface area contributed by atoms with Crippen molar-refractivity contribution in [2.75, 3.05) is 31.6 Å². The first kappa shape index (κ1) is 23.4. The molecule has 1 aromatic carbocycles. The lowest BCUT2D eigenvalue weighted by Crippen LogP contribution is -2.38. The van der Waals surface area contributed by atoms with Crippen LogP contribution in [-0.2, 0) is 6.54 Å². The van der Waals surface area contributed by atoms with E-state index in [1.165, 1.54) is 31.2 Å². The minimum atomic E-state index is 0. The van der Waals surface area contributed by atoms with Gasteiger partial charge in [0.05, 0.1) is 0 Å². The average molecular weight is 507 g/mol. The molecule has 5 nitrogen and oxygen atoms in total. The molecule has 3 rings (SSSR count). The average Bonchev–Trinajstić information content (AvgIpc) is 3.04. The zero-order valence-corrected chi connectivity index (χ0v) is 19.9. The molecule has 1 unspecified atom stereocenters. The summed E-state index contributed by atoms with van der Waals surface area (Å²) in [6.07, 6.45) is 7.21. The van der Waals surface area contributed by atoms with Gasteiger partial charge in [-0.2, -0.15) is 0 Å². The van der Waals surface area contributed by atoms with Crippen molar-refractivity contribution in [2.24, 2.45) is 4.99 Å². The SMILES string of the molecule is CN=C(NCc1ccc(N2CCCCCC2)nc1)NCC(C)c1ccccc1.I. The molecule has 0 aliphatic carbocycles. The Morgan fingerprint density at radius 3 is 2.38 bits per heavy atom. The number of nitrogens with one attached hydrogen (secondary N) is 2. The number of anilines is 1. The fraction of sp³-hybridized carbons (Fsp3) is 0.478. The van der Waals surface area contributed by atoms with Crippen molar-refractivity contribution >= 4 is 35.8 Å². The van der Waals surface area contributed by atoms with Crippen LogP contribution in [0, 0.1) is 0 Å². The Bertz CT molecular complexity index is 725. The van der Waals surface area contributed by atoms with E-state index in [4.69, 9.17) is 0 Å². The smallest absolute Gasteiger partial charge is 0.191 e. The van der Waals surface area contributed by atoms with Crippen LogP contribution in [0.1, 0.15) is 49.7 Å². The molecule has 0 saturated carbocycles. The van der Waals surface area contributed by atoms with Gasteiger partial charge in [-0.3, -0.25) is 4.99 Å². The maximum Gasteiger partial charge on any atom is 0.191 e. The highest BCUT2D eigenvalue weighted by molar-refractivity contribution is 14.0. The normalized spacial score (nSPS) is 15.8. The number of aliphatic imine (C=N–C) groups is 1. The molecule has 0 amide bonds. The number of hydrogen-bond acceptors (Lipinski definition) is 3. The molecule has 2 aromatic rings. The van der Waals surface area contributed by atoms with E-state index in [1.807, 2.05) is 13.2 Å². The molecule has 0 spiro atoms. The Labute approximate surface area is 192 Å². The molecule has 158 valence electrons. The molecule has 1 aliphatic rings. The zero-order chi connectivity index (χ0) is 19.6. The van der Waals surface area contributed by atoms with Gasteiger partial charge in [0.2, 0.25) is 0 Å². The number of aromatic nitrogens is 1. The quantitative estimate of drug-likeness (QED) is 0.342. The molecule has 1 atom stereocenters. The fourth-order valence-corrected chi connectivity index (χ4v) is 3.56. The Hall–Kier alpha value is -1.83. The summed E-state index contributed by atoms with van der Waals surface area (Å²) in [6, 6.07) is 14.9. The first-order chi connectivity index (χ1) is 13.8. The molecule has 1 aromatic heterocycles. The van der Waals surface area contributed by atoms with Gasteiger partial charge in [-0.25, -0.2) is 4.98 Å². The van der Waals surface area contributed by atoms with E-state index >= 15 is 0 Å². The van der Waals surface area contributed by atoms with Crippen LogP contribution < -0.4 is 15.5 Å². The minimum absolute atomic E-state index is 0. The predicted molar refractivity (Wildman–Crippen MR) is 133 cm³/mol. The van der Waals surface area contributed by atoms with Crippen molar-refractivity contribution in [3.8, 4) is 0 Å². The van der Waals surface area contributed by atoms with E-state index < -0.39 is 0 Å². The van der Waals surface area contributed by atoms with Crippen molar-refractivity contribution in [3.63, 3.8) is 0 Å². The number of benzene rings is 1. The maximum absolute atomic E-state index is 4.69. The first-order valence-corrected chi connectivity index (χ1v) is 10.5. The van der Waals surface area contributed by atoms with Crippen molar-refractivity contribution in [3.05, 3.63) is 59.8 Å². The van der Waals surface area contributed by atoms with E-state index in [2.05, 4.69) is 74.9 Å². The second kappa shape index (κ2) is 12.7. The molecule has 0 radical (unpaired) electrons. The van der Waals surface area contributed by atoms with Crippen LogP contribution in [0.4, 0.5) is 5.82 Å². The third-order valence-corrected chi connectivity index (χ3v) is 5.37. The molecule has 1 fully saturated rings. The number of hydrogen-bond donors (Lipinski definition) is 2. The Morgan fingerprint density at radius 2 is 1.76 bits per heavy atom. The summed E-state index contributed by atoms with van der Waals surface area (Å²) in [4.78, 5) is 11.4. The van der Waals surface area contributed by atoms with E-state index in [-0.39, 0.29) is 24.0 Å². The molecule has 1 aliphatic heterocycles. The first-order valence-electron chi connectivity index (χ1n) is 10.5. The highest BCUT2D eigenvalue weighted by Crippen LogP contribution is 2.17. The fourth-order valence-electron chi connectivity index (χ4n) is 3.56. The second-order valence-electron chi connectivity index (χ2n) is 7.54. The number of pyridine rings is 1. The summed E-state index contributed by atoms with van der Waals surface area (Å²) in [7, 11) is 1.81. The summed E-state index contributed by atoms with van der Waals surface area (Å²) in [5.74, 6) is 2.35. The zero-order valence-electron chi connectivity index (χ0n) is 17.6. The van der Waals surface area contributed by atoms with Gasteiger partial charge in [-0.05, 0) is 36.0 Å². The summed E-state index contributed by atoms with van der Waals surface area (Å²) < 4.78 is 0. The van der Waals surface area contributed by atoms with Crippen LogP contribution in [-0.4, -0.2) is 37.6 Å². The van der Waals surface area contributed by atoms with E-state index in [0.29, 0.717) is 12.5 Å². The molecule has 0 bridgehead atoms. The monoisotopic (exact) mass is 507 g/mol. The predicted octanol–water partition coefficient (Wildman–Crippen LogP) is 4.55. The van der Waals surface area contributed by atoms with Gasteiger partial charge in [-0.1, -0.05) is 56.2 Å². The second-order valence-corrected chi connectivity index (χ2v) is 7.54. The van der Waals surface area contributed by atoms with Crippen LogP contribution in [0.3, 0.4) is 0 Å². The third-order valence-electron chi connectivity index (χ3n) is 5.37. The van der Waals surface area contributed by atoms with Gasteiger partial charge in [0.1, 0.15) is 5.82 Å². The standard InChI is InChI=1S/C23H33N5.HI/c1-19(21-10-6-5-7-11-21)16-26-23(24-2)27-18-20-12-13-22(25-17-20)28-14-8-3-4-9-15-28;/h5-7,10-13,17,19H,3-4,8-9,14-16,18H2,1-2H3,(H2,24,26,27);1H. The highest BCUT2D eigenvalue weighted by atomic mass is 127. The lowest BCUT2D eigenvalue weighted by molar-refractivity contribution is 0.698. The Kier molecular flexibility index (Phi) is 10.2. The number of rotatable bonds is 6. The van der Waals surface area contributed by atoms with E-state index in [0.717, 1.165) is 37.0 Å². The van der Waals surface area contributed by atoms with Gasteiger partial charge in [-0.15, -0.1) is 24.0 Å². The molecular weight excluding hydrogens is 473 g/mol. The summed E-state index contributed by atoms with van der Waals surface area (Å²) in [5.41, 5.74) is 2.50. The summed E-state index contributed by atoms with van der Waals surface area (Å²) in [6.45, 7) is 6.03. The summed E-state index contributed by atoms with van der Waals surface area (Å²) in [5, 5.41) is 6.81. The van der Waals surface area contributed by atoms with Crippen LogP contribution in [0.25, 0.3) is 0 Å². The highest BCUT2D eigenvalue weighted by Gasteiger charge is 2.11. The summed E-state index contributed by atoms with van der Waals surface area (Å²) >= 11 is 0. The van der Waals surface area contributed by atoms with Gasteiger partial charge in [0, 0.05) is 39.4 Å². The number of nitrogens with zero attached hydrogens (tertiary/aromatic N) is 3. The van der Waals surface area contributed by atoms with Gasteiger partial charge in [0.25, 0.3) is 0 Å². The lowest BCUT2D eigenvalue weighted by atomic mass is 10.0. The van der Waals surface area contributed by atoms with Crippen molar-refractivity contribution in [2.45, 2.75) is 45.1 Å². The van der Waals surface area contributed by atoms with E-state index in [1.54, 1.807) is 0 Å². The Balaban J connectivity index is 0.00000300. The van der Waals surface area contributed by atoms with Gasteiger partial charge < -0.3 is 15.5 Å². The van der Waals surface area contributed by atoms with Gasteiger partial charge >= 0.3 is 0 Å². The van der Waals surface area contributed by atoms with Crippen LogP contribution in [0.5, 0.6) is 0 Å². The van der Waals surface area contributed by atoms with Gasteiger partial charge in [0.15, 0.2) is 5.96 Å². The molecule has 29 heavy (non-hydrogen) atoms. The van der Waals surface area contributed by atoms with Crippen LogP contribution in [0.15, 0.2) is 53.7 Å². The lowest BCUT2D eigenvalue weighted by Gasteiger charge is -2.21. The minimum Gasteiger partial charge on any atom is -0.357 e. The number of halogens is 1. The number of guanidine groups is 1. The molecule has 2 N–H and O–H groups in total. The maximum atomic E-state index is 4.69. The van der Waals surface area contributed by atoms with Crippen molar-refractivity contribution in [1.29, 1.82) is 0 Å². The van der Waals surface area contributed by atoms with E-state index in [9.17, 15) is 0 Å². The largest absolute Gasteiger partial charge is 0.357 e. The molecule has 6 heteroatoms. The van der Waals surface area contributed by atoms with Crippen LogP contribution >= 0.6 is 24.0 Å². The molecule has 2 heterocycles. The van der Waals surface area contributed by atoms with Crippen molar-refractivity contribution in [1.82, 2.24) is 15.6 Å². The molecular formula is C23H34IN5. The topological polar surface area (TPSA) is 52.6 Å². The van der Waals surface area contributed by atoms with Crippen molar-refractivity contribution < 1.29 is 0 Å². The van der Waals surface area contributed by atoms with Crippen LogP contribution in [0.2, 0.25) is 0 Å². The molecule has 1 saturated heterocycles. The third kappa shape index (κ3) is 7.49. The Morgan fingerprint density at radius 1 is 1.03 bits per heavy atom.